The summed E-state index contributed by atoms with van der Waals surface area (Å²) in [7, 11) is 1.60. The highest BCUT2D eigenvalue weighted by atomic mass is 16.5. The predicted octanol–water partition coefficient (Wildman–Crippen LogP) is 0.169. The summed E-state index contributed by atoms with van der Waals surface area (Å²) in [5.74, 6) is 0.728. The topological polar surface area (TPSA) is 75.1 Å². The van der Waals surface area contributed by atoms with Crippen molar-refractivity contribution in [2.45, 2.75) is 31.7 Å². The van der Waals surface area contributed by atoms with Crippen molar-refractivity contribution < 1.29 is 19.2 Å². The van der Waals surface area contributed by atoms with Crippen LogP contribution >= 0.6 is 0 Å². The Morgan fingerprint density at radius 2 is 2.15 bits per heavy atom. The molecule has 2 saturated heterocycles. The Kier molecular flexibility index (Phi) is 6.33. The fourth-order valence-corrected chi connectivity index (χ4v) is 3.73. The van der Waals surface area contributed by atoms with Crippen LogP contribution in [0.1, 0.15) is 25.7 Å². The maximum atomic E-state index is 12.3. The number of benzene rings is 1. The van der Waals surface area contributed by atoms with Crippen molar-refractivity contribution in [2.75, 3.05) is 44.7 Å². The monoisotopic (exact) mass is 361 g/mol. The number of anilines is 1. The van der Waals surface area contributed by atoms with Crippen molar-refractivity contribution in [1.82, 2.24) is 10.6 Å². The third-order valence-corrected chi connectivity index (χ3v) is 5.13. The molecule has 7 heteroatoms. The fourth-order valence-electron chi connectivity index (χ4n) is 3.73. The second kappa shape index (κ2) is 8.89. The molecule has 0 spiro atoms. The Balaban J connectivity index is 1.41. The van der Waals surface area contributed by atoms with Gasteiger partial charge in [-0.1, -0.05) is 6.07 Å². The Labute approximate surface area is 154 Å². The Morgan fingerprint density at radius 3 is 2.92 bits per heavy atom. The van der Waals surface area contributed by atoms with Crippen LogP contribution < -0.4 is 25.2 Å². The van der Waals surface area contributed by atoms with E-state index in [1.807, 2.05) is 24.3 Å². The average molecular weight is 361 g/mol. The summed E-state index contributed by atoms with van der Waals surface area (Å²) in [6.07, 6.45) is 3.95. The van der Waals surface area contributed by atoms with Crippen molar-refractivity contribution in [2.24, 2.45) is 0 Å². The maximum Gasteiger partial charge on any atom is 0.315 e. The van der Waals surface area contributed by atoms with Gasteiger partial charge in [-0.25, -0.2) is 4.79 Å². The number of carbonyl (C=O) groups is 2. The Hall–Kier alpha value is -2.28. The third-order valence-electron chi connectivity index (χ3n) is 5.13. The van der Waals surface area contributed by atoms with Gasteiger partial charge in [0.05, 0.1) is 32.8 Å². The number of nitrogens with one attached hydrogen (secondary N) is 3. The third kappa shape index (κ3) is 4.88. The Bertz CT molecular complexity index is 631. The predicted molar refractivity (Wildman–Crippen MR) is 99.7 cm³/mol. The van der Waals surface area contributed by atoms with E-state index in [-0.39, 0.29) is 18.0 Å². The molecule has 2 fully saturated rings. The van der Waals surface area contributed by atoms with Crippen molar-refractivity contribution in [1.29, 1.82) is 0 Å². The smallest absolute Gasteiger partial charge is 0.315 e. The van der Waals surface area contributed by atoms with E-state index in [1.165, 1.54) is 25.9 Å². The van der Waals surface area contributed by atoms with Gasteiger partial charge in [0.2, 0.25) is 5.91 Å². The molecule has 142 valence electrons. The molecule has 2 aliphatic heterocycles. The largest absolute Gasteiger partial charge is 0.497 e. The first-order chi connectivity index (χ1) is 12.7. The number of nitrogens with zero attached hydrogens (tertiary/aromatic N) is 1. The zero-order chi connectivity index (χ0) is 18.4. The second-order valence-corrected chi connectivity index (χ2v) is 7.07. The zero-order valence-electron chi connectivity index (χ0n) is 15.4. The van der Waals surface area contributed by atoms with Crippen molar-refractivity contribution >= 4 is 17.6 Å². The lowest BCUT2D eigenvalue weighted by Gasteiger charge is -2.18. The van der Waals surface area contributed by atoms with Gasteiger partial charge in [0.15, 0.2) is 0 Å². The van der Waals surface area contributed by atoms with Crippen LogP contribution in [0.25, 0.3) is 0 Å². The standard InChI is InChI=1S/C19H28N4O3/c1-26-17-7-4-6-16(13-17)23-14-15(12-18(23)24)21-19(25)20-8-5-11-22-9-2-3-10-22/h4,6-7,13,15H,2-3,5,8-12,14H2,1H3,(H2,20,21,25)/p+1/t15-/m1/s1. The van der Waals surface area contributed by atoms with Crippen LogP contribution in [-0.4, -0.2) is 57.8 Å². The normalized spacial score (nSPS) is 20.4. The molecule has 0 aromatic heterocycles. The molecule has 0 bridgehead atoms. The van der Waals surface area contributed by atoms with Gasteiger partial charge in [-0.05, 0) is 12.1 Å². The minimum absolute atomic E-state index is 0.0150. The summed E-state index contributed by atoms with van der Waals surface area (Å²) in [5.41, 5.74) is 0.799. The summed E-state index contributed by atoms with van der Waals surface area (Å²) in [4.78, 5) is 27.7. The van der Waals surface area contributed by atoms with Crippen LogP contribution in [0.15, 0.2) is 24.3 Å². The Morgan fingerprint density at radius 1 is 1.35 bits per heavy atom. The molecule has 7 nitrogen and oxygen atoms in total. The van der Waals surface area contributed by atoms with Crippen molar-refractivity contribution in [3.05, 3.63) is 24.3 Å². The molecule has 2 heterocycles. The van der Waals surface area contributed by atoms with Gasteiger partial charge in [0.25, 0.3) is 0 Å². The number of quaternary nitrogens is 1. The number of hydrogen-bond donors (Lipinski definition) is 3. The van der Waals surface area contributed by atoms with Crippen LogP contribution in [0, 0.1) is 0 Å². The molecular formula is C19H29N4O3+. The lowest BCUT2D eigenvalue weighted by atomic mass is 10.2. The molecule has 0 radical (unpaired) electrons. The van der Waals surface area contributed by atoms with Gasteiger partial charge in [-0.2, -0.15) is 0 Å². The van der Waals surface area contributed by atoms with Crippen LogP contribution in [0.3, 0.4) is 0 Å². The highest BCUT2D eigenvalue weighted by Gasteiger charge is 2.31. The minimum atomic E-state index is -0.188. The number of rotatable bonds is 7. The molecule has 1 aromatic carbocycles. The molecule has 1 atom stereocenters. The van der Waals surface area contributed by atoms with Crippen LogP contribution in [0.4, 0.5) is 10.5 Å². The molecule has 0 aliphatic carbocycles. The van der Waals surface area contributed by atoms with E-state index >= 15 is 0 Å². The van der Waals surface area contributed by atoms with Gasteiger partial charge in [-0.15, -0.1) is 0 Å². The van der Waals surface area contributed by atoms with Gasteiger partial charge < -0.3 is 25.2 Å². The van der Waals surface area contributed by atoms with Crippen molar-refractivity contribution in [3.8, 4) is 5.75 Å². The lowest BCUT2D eigenvalue weighted by molar-refractivity contribution is -0.887. The van der Waals surface area contributed by atoms with Crippen LogP contribution in [-0.2, 0) is 4.79 Å². The molecule has 0 unspecified atom stereocenters. The van der Waals surface area contributed by atoms with Gasteiger partial charge in [0, 0.05) is 50.5 Å². The molecule has 1 aromatic rings. The van der Waals surface area contributed by atoms with E-state index in [1.54, 1.807) is 16.9 Å². The molecule has 2 aliphatic rings. The highest BCUT2D eigenvalue weighted by Crippen LogP contribution is 2.25. The number of ether oxygens (including phenoxy) is 1. The van der Waals surface area contributed by atoms with Crippen molar-refractivity contribution in [3.63, 3.8) is 0 Å². The lowest BCUT2D eigenvalue weighted by Crippen LogP contribution is -3.10. The summed E-state index contributed by atoms with van der Waals surface area (Å²) in [6, 6.07) is 7.06. The van der Waals surface area contributed by atoms with Gasteiger partial charge in [-0.3, -0.25) is 4.79 Å². The highest BCUT2D eigenvalue weighted by molar-refractivity contribution is 5.97. The quantitative estimate of drug-likeness (QED) is 0.606. The number of hydrogen-bond acceptors (Lipinski definition) is 3. The molecule has 0 saturated carbocycles. The molecule has 3 amide bonds. The molecule has 26 heavy (non-hydrogen) atoms. The number of likely N-dealkylation sites (tertiary alicyclic amines) is 1. The molecular weight excluding hydrogens is 332 g/mol. The van der Waals surface area contributed by atoms with Gasteiger partial charge in [0.1, 0.15) is 5.75 Å². The van der Waals surface area contributed by atoms with E-state index in [0.717, 1.165) is 18.7 Å². The molecule has 3 N–H and O–H groups in total. The summed E-state index contributed by atoms with van der Waals surface area (Å²) in [5, 5.41) is 5.82. The summed E-state index contributed by atoms with van der Waals surface area (Å²) in [6.45, 7) is 4.80. The zero-order valence-corrected chi connectivity index (χ0v) is 15.4. The fraction of sp³-hybridized carbons (Fsp3) is 0.579. The maximum absolute atomic E-state index is 12.3. The number of amides is 3. The van der Waals surface area contributed by atoms with E-state index in [4.69, 9.17) is 4.74 Å². The minimum Gasteiger partial charge on any atom is -0.497 e. The van der Waals surface area contributed by atoms with E-state index in [0.29, 0.717) is 25.3 Å². The second-order valence-electron chi connectivity index (χ2n) is 7.07. The first kappa shape index (κ1) is 18.5. The van der Waals surface area contributed by atoms with Crippen LogP contribution in [0.5, 0.6) is 5.75 Å². The summed E-state index contributed by atoms with van der Waals surface area (Å²) >= 11 is 0. The van der Waals surface area contributed by atoms with E-state index in [9.17, 15) is 9.59 Å². The van der Waals surface area contributed by atoms with E-state index < -0.39 is 0 Å². The van der Waals surface area contributed by atoms with Gasteiger partial charge >= 0.3 is 6.03 Å². The first-order valence-electron chi connectivity index (χ1n) is 9.48. The number of carbonyl (C=O) groups excluding carboxylic acids is 2. The number of methoxy groups -OCH3 is 1. The molecule has 3 rings (SSSR count). The van der Waals surface area contributed by atoms with Crippen LogP contribution in [0.2, 0.25) is 0 Å². The summed E-state index contributed by atoms with van der Waals surface area (Å²) < 4.78 is 5.21. The average Bonchev–Trinajstić information content (AvgIpc) is 3.28. The SMILES string of the molecule is COc1cccc(N2C[C@H](NC(=O)NCCC[NH+]3CCCC3)CC2=O)c1. The van der Waals surface area contributed by atoms with E-state index in [2.05, 4.69) is 10.6 Å². The number of urea groups is 1. The first-order valence-corrected chi connectivity index (χ1v) is 9.48.